The van der Waals surface area contributed by atoms with E-state index in [1.54, 1.807) is 6.92 Å². The van der Waals surface area contributed by atoms with Crippen LogP contribution in [0.2, 0.25) is 5.02 Å². The summed E-state index contributed by atoms with van der Waals surface area (Å²) in [7, 11) is -3.65. The minimum absolute atomic E-state index is 0.106. The van der Waals surface area contributed by atoms with Crippen LogP contribution in [-0.4, -0.2) is 8.42 Å². The first-order chi connectivity index (χ1) is 9.81. The largest absolute Gasteiger partial charge is 0.397 e. The highest BCUT2D eigenvalue weighted by Gasteiger charge is 2.17. The number of nitrogen functional groups attached to an aromatic ring is 1. The molecular weight excluding hydrogens is 376 g/mol. The SMILES string of the molecule is Cc1cc(S(=O)(=O)NCc2ccccc2Br)cc(N)c1Cl. The molecule has 0 heterocycles. The highest BCUT2D eigenvalue weighted by molar-refractivity contribution is 9.10. The Balaban J connectivity index is 2.25. The van der Waals surface area contributed by atoms with Crippen molar-refractivity contribution < 1.29 is 8.42 Å². The van der Waals surface area contributed by atoms with Crippen molar-refractivity contribution in [3.8, 4) is 0 Å². The minimum Gasteiger partial charge on any atom is -0.397 e. The molecule has 0 spiro atoms. The Morgan fingerprint density at radius 3 is 2.57 bits per heavy atom. The molecule has 112 valence electrons. The quantitative estimate of drug-likeness (QED) is 0.786. The van der Waals surface area contributed by atoms with E-state index < -0.39 is 10.0 Å². The van der Waals surface area contributed by atoms with Crippen molar-refractivity contribution in [1.29, 1.82) is 0 Å². The van der Waals surface area contributed by atoms with Crippen LogP contribution in [0, 0.1) is 6.92 Å². The molecule has 0 saturated carbocycles. The molecule has 2 rings (SSSR count). The van der Waals surface area contributed by atoms with Gasteiger partial charge in [-0.25, -0.2) is 13.1 Å². The highest BCUT2D eigenvalue weighted by atomic mass is 79.9. The van der Waals surface area contributed by atoms with E-state index in [2.05, 4.69) is 20.7 Å². The molecule has 3 N–H and O–H groups in total. The smallest absolute Gasteiger partial charge is 0.240 e. The second-order valence-electron chi connectivity index (χ2n) is 4.56. The fourth-order valence-electron chi connectivity index (χ4n) is 1.82. The third-order valence-corrected chi connectivity index (χ3v) is 5.65. The van der Waals surface area contributed by atoms with Crippen molar-refractivity contribution in [3.63, 3.8) is 0 Å². The van der Waals surface area contributed by atoms with Gasteiger partial charge in [0.05, 0.1) is 15.6 Å². The summed E-state index contributed by atoms with van der Waals surface area (Å²) in [5.74, 6) is 0. The molecule has 0 fully saturated rings. The maximum atomic E-state index is 12.3. The van der Waals surface area contributed by atoms with Crippen LogP contribution in [0.1, 0.15) is 11.1 Å². The number of rotatable bonds is 4. The van der Waals surface area contributed by atoms with Crippen molar-refractivity contribution >= 4 is 43.2 Å². The topological polar surface area (TPSA) is 72.2 Å². The zero-order chi connectivity index (χ0) is 15.6. The molecule has 0 radical (unpaired) electrons. The molecule has 21 heavy (non-hydrogen) atoms. The number of benzene rings is 2. The number of sulfonamides is 1. The van der Waals surface area contributed by atoms with E-state index in [1.165, 1.54) is 12.1 Å². The van der Waals surface area contributed by atoms with E-state index in [4.69, 9.17) is 17.3 Å². The lowest BCUT2D eigenvalue weighted by Crippen LogP contribution is -2.23. The fourth-order valence-corrected chi connectivity index (χ4v) is 3.48. The van der Waals surface area contributed by atoms with Crippen molar-refractivity contribution in [2.45, 2.75) is 18.4 Å². The van der Waals surface area contributed by atoms with Crippen LogP contribution < -0.4 is 10.5 Å². The average molecular weight is 390 g/mol. The van der Waals surface area contributed by atoms with Gasteiger partial charge in [-0.2, -0.15) is 0 Å². The summed E-state index contributed by atoms with van der Waals surface area (Å²) in [6, 6.07) is 10.3. The third kappa shape index (κ3) is 3.77. The monoisotopic (exact) mass is 388 g/mol. The molecule has 0 amide bonds. The zero-order valence-electron chi connectivity index (χ0n) is 11.2. The number of aryl methyl sites for hydroxylation is 1. The maximum Gasteiger partial charge on any atom is 0.240 e. The van der Waals surface area contributed by atoms with Crippen LogP contribution >= 0.6 is 27.5 Å². The molecule has 0 aliphatic carbocycles. The molecule has 0 unspecified atom stereocenters. The Kier molecular flexibility index (Phi) is 4.93. The van der Waals surface area contributed by atoms with Gasteiger partial charge in [0.15, 0.2) is 0 Å². The Bertz CT molecular complexity index is 755. The lowest BCUT2D eigenvalue weighted by molar-refractivity contribution is 0.581. The van der Waals surface area contributed by atoms with E-state index in [0.717, 1.165) is 10.0 Å². The van der Waals surface area contributed by atoms with Crippen molar-refractivity contribution in [1.82, 2.24) is 4.72 Å². The first-order valence-electron chi connectivity index (χ1n) is 6.10. The van der Waals surface area contributed by atoms with Crippen LogP contribution in [0.15, 0.2) is 45.8 Å². The van der Waals surface area contributed by atoms with Gasteiger partial charge in [-0.05, 0) is 36.2 Å². The van der Waals surface area contributed by atoms with Gasteiger partial charge in [0.25, 0.3) is 0 Å². The Morgan fingerprint density at radius 1 is 1.29 bits per heavy atom. The van der Waals surface area contributed by atoms with Crippen LogP contribution in [0.25, 0.3) is 0 Å². The molecule has 0 saturated heterocycles. The number of nitrogens with two attached hydrogens (primary N) is 1. The predicted octanol–water partition coefficient (Wildman–Crippen LogP) is 3.47. The zero-order valence-corrected chi connectivity index (χ0v) is 14.4. The summed E-state index contributed by atoms with van der Waals surface area (Å²) < 4.78 is 28.0. The van der Waals surface area contributed by atoms with Crippen LogP contribution in [-0.2, 0) is 16.6 Å². The second-order valence-corrected chi connectivity index (χ2v) is 7.56. The maximum absolute atomic E-state index is 12.3. The lowest BCUT2D eigenvalue weighted by atomic mass is 10.2. The molecule has 0 aromatic heterocycles. The lowest BCUT2D eigenvalue weighted by Gasteiger charge is -2.11. The Morgan fingerprint density at radius 2 is 1.95 bits per heavy atom. The van der Waals surface area contributed by atoms with Crippen molar-refractivity contribution in [2.24, 2.45) is 0 Å². The molecule has 2 aromatic rings. The van der Waals surface area contributed by atoms with Gasteiger partial charge < -0.3 is 5.73 Å². The van der Waals surface area contributed by atoms with Gasteiger partial charge in [-0.1, -0.05) is 45.7 Å². The molecule has 0 aliphatic rings. The third-order valence-electron chi connectivity index (χ3n) is 2.98. The molecule has 0 aliphatic heterocycles. The Labute approximate surface area is 137 Å². The van der Waals surface area contributed by atoms with E-state index in [1.807, 2.05) is 24.3 Å². The molecule has 0 atom stereocenters. The summed E-state index contributed by atoms with van der Waals surface area (Å²) in [4.78, 5) is 0.106. The van der Waals surface area contributed by atoms with Gasteiger partial charge in [0.1, 0.15) is 0 Å². The second kappa shape index (κ2) is 6.36. The summed E-state index contributed by atoms with van der Waals surface area (Å²) in [5.41, 5.74) is 7.44. The number of halogens is 2. The average Bonchev–Trinajstić information content (AvgIpc) is 2.43. The van der Waals surface area contributed by atoms with Crippen LogP contribution in [0.5, 0.6) is 0 Å². The molecule has 0 bridgehead atoms. The van der Waals surface area contributed by atoms with E-state index in [9.17, 15) is 8.42 Å². The Hall–Kier alpha value is -1.08. The first kappa shape index (κ1) is 16.3. The van der Waals surface area contributed by atoms with Gasteiger partial charge in [0.2, 0.25) is 10.0 Å². The fraction of sp³-hybridized carbons (Fsp3) is 0.143. The number of nitrogens with one attached hydrogen (secondary N) is 1. The molecule has 4 nitrogen and oxygen atoms in total. The van der Waals surface area contributed by atoms with Crippen molar-refractivity contribution in [3.05, 3.63) is 57.0 Å². The number of hydrogen-bond acceptors (Lipinski definition) is 3. The summed E-state index contributed by atoms with van der Waals surface area (Å²) >= 11 is 9.33. The molecular formula is C14H14BrClN2O2S. The first-order valence-corrected chi connectivity index (χ1v) is 8.75. The van der Waals surface area contributed by atoms with Crippen LogP contribution in [0.3, 0.4) is 0 Å². The number of hydrogen-bond donors (Lipinski definition) is 2. The molecule has 7 heteroatoms. The summed E-state index contributed by atoms with van der Waals surface area (Å²) in [6.45, 7) is 1.90. The van der Waals surface area contributed by atoms with E-state index in [-0.39, 0.29) is 17.1 Å². The van der Waals surface area contributed by atoms with Crippen molar-refractivity contribution in [2.75, 3.05) is 5.73 Å². The molecule has 2 aromatic carbocycles. The van der Waals surface area contributed by atoms with Gasteiger partial charge in [-0.15, -0.1) is 0 Å². The minimum atomic E-state index is -3.65. The highest BCUT2D eigenvalue weighted by Crippen LogP contribution is 2.27. The van der Waals surface area contributed by atoms with E-state index >= 15 is 0 Å². The van der Waals surface area contributed by atoms with Gasteiger partial charge in [0, 0.05) is 11.0 Å². The normalized spacial score (nSPS) is 11.6. The summed E-state index contributed by atoms with van der Waals surface area (Å²) in [6.07, 6.45) is 0. The summed E-state index contributed by atoms with van der Waals surface area (Å²) in [5, 5.41) is 0.375. The number of anilines is 1. The van der Waals surface area contributed by atoms with Gasteiger partial charge in [-0.3, -0.25) is 0 Å². The predicted molar refractivity (Wildman–Crippen MR) is 88.8 cm³/mol. The van der Waals surface area contributed by atoms with Crippen LogP contribution in [0.4, 0.5) is 5.69 Å². The van der Waals surface area contributed by atoms with E-state index in [0.29, 0.717) is 10.6 Å². The standard InChI is InChI=1S/C14H14BrClN2O2S/c1-9-6-11(7-13(17)14(9)16)21(19,20)18-8-10-4-2-3-5-12(10)15/h2-7,18H,8,17H2,1H3. The van der Waals surface area contributed by atoms with Gasteiger partial charge >= 0.3 is 0 Å².